The highest BCUT2D eigenvalue weighted by atomic mass is 16.4. The van der Waals surface area contributed by atoms with E-state index >= 15 is 0 Å². The van der Waals surface area contributed by atoms with Crippen molar-refractivity contribution in [3.05, 3.63) is 0 Å². The summed E-state index contributed by atoms with van der Waals surface area (Å²) in [5, 5.41) is 10.6. The van der Waals surface area contributed by atoms with E-state index in [9.17, 15) is 9.59 Å². The second kappa shape index (κ2) is 7.92. The van der Waals surface area contributed by atoms with Crippen molar-refractivity contribution in [3.8, 4) is 0 Å². The summed E-state index contributed by atoms with van der Waals surface area (Å²) < 4.78 is 0. The molecule has 0 unspecified atom stereocenters. The number of nitrogens with zero attached hydrogens (tertiary/aromatic N) is 1. The molecule has 6 nitrogen and oxygen atoms in total. The van der Waals surface area contributed by atoms with Crippen molar-refractivity contribution in [3.63, 3.8) is 0 Å². The first kappa shape index (κ1) is 14.7. The van der Waals surface area contributed by atoms with Crippen LogP contribution < -0.4 is 11.1 Å². The number of hydrogen-bond donors (Lipinski definition) is 3. The molecule has 0 aliphatic carbocycles. The van der Waals surface area contributed by atoms with Crippen LogP contribution in [-0.2, 0) is 4.79 Å². The van der Waals surface area contributed by atoms with Crippen molar-refractivity contribution >= 4 is 12.0 Å². The number of urea groups is 1. The highest BCUT2D eigenvalue weighted by Gasteiger charge is 2.15. The number of carbonyl (C=O) groups is 2. The molecule has 0 aromatic heterocycles. The zero-order valence-corrected chi connectivity index (χ0v) is 9.90. The number of carboxylic acid groups (broad SMARTS) is 1. The molecule has 0 radical (unpaired) electrons. The summed E-state index contributed by atoms with van der Waals surface area (Å²) in [5.41, 5.74) is 4.84. The van der Waals surface area contributed by atoms with Gasteiger partial charge in [0.05, 0.1) is 0 Å². The van der Waals surface area contributed by atoms with Gasteiger partial charge in [0.25, 0.3) is 0 Å². The van der Waals surface area contributed by atoms with Crippen molar-refractivity contribution in [2.75, 3.05) is 19.6 Å². The molecule has 1 aliphatic heterocycles. The molecule has 0 saturated carbocycles. The average molecular weight is 231 g/mol. The summed E-state index contributed by atoms with van der Waals surface area (Å²) in [4.78, 5) is 22.5. The Morgan fingerprint density at radius 3 is 2.19 bits per heavy atom. The Balaban J connectivity index is 0.000000325. The summed E-state index contributed by atoms with van der Waals surface area (Å²) in [7, 11) is 0. The van der Waals surface area contributed by atoms with E-state index < -0.39 is 12.0 Å². The smallest absolute Gasteiger partial charge is 0.320 e. The van der Waals surface area contributed by atoms with E-state index in [4.69, 9.17) is 10.8 Å². The van der Waals surface area contributed by atoms with Crippen molar-refractivity contribution in [2.24, 2.45) is 5.73 Å². The summed E-state index contributed by atoms with van der Waals surface area (Å²) in [6.45, 7) is 5.96. The summed E-state index contributed by atoms with van der Waals surface area (Å²) in [6.07, 6.45) is 2.33. The maximum Gasteiger partial charge on any atom is 0.320 e. The van der Waals surface area contributed by atoms with Crippen molar-refractivity contribution in [1.82, 2.24) is 10.2 Å². The second-order valence-electron chi connectivity index (χ2n) is 3.66. The molecule has 2 amide bonds. The van der Waals surface area contributed by atoms with Crippen molar-refractivity contribution in [2.45, 2.75) is 32.7 Å². The van der Waals surface area contributed by atoms with Gasteiger partial charge in [-0.3, -0.25) is 4.79 Å². The molecule has 0 aromatic carbocycles. The van der Waals surface area contributed by atoms with Crippen LogP contribution in [0, 0.1) is 0 Å². The van der Waals surface area contributed by atoms with Gasteiger partial charge >= 0.3 is 12.0 Å². The van der Waals surface area contributed by atoms with Crippen LogP contribution in [0.2, 0.25) is 0 Å². The van der Waals surface area contributed by atoms with Gasteiger partial charge in [-0.15, -0.1) is 0 Å². The van der Waals surface area contributed by atoms with E-state index in [0.717, 1.165) is 32.5 Å². The summed E-state index contributed by atoms with van der Waals surface area (Å²) in [5.74, 6) is -0.963. The molecule has 0 aromatic rings. The van der Waals surface area contributed by atoms with Crippen LogP contribution in [0.4, 0.5) is 4.79 Å². The van der Waals surface area contributed by atoms with Gasteiger partial charge in [0, 0.05) is 19.6 Å². The fourth-order valence-electron chi connectivity index (χ4n) is 1.18. The molecule has 94 valence electrons. The highest BCUT2D eigenvalue weighted by Crippen LogP contribution is 2.06. The number of aliphatic carboxylic acids is 1. The molecule has 1 saturated heterocycles. The van der Waals surface area contributed by atoms with Gasteiger partial charge in [-0.2, -0.15) is 0 Å². The summed E-state index contributed by atoms with van der Waals surface area (Å²) in [6, 6.07) is -0.634. The van der Waals surface area contributed by atoms with Gasteiger partial charge < -0.3 is 21.1 Å². The number of nitrogens with one attached hydrogen (secondary N) is 1. The number of likely N-dealkylation sites (tertiary alicyclic amines) is 1. The minimum atomic E-state index is -0.963. The Morgan fingerprint density at radius 1 is 1.44 bits per heavy atom. The Hall–Kier alpha value is -1.30. The van der Waals surface area contributed by atoms with Crippen LogP contribution in [0.1, 0.15) is 26.7 Å². The Bertz CT molecular complexity index is 225. The Labute approximate surface area is 95.8 Å². The minimum Gasteiger partial charge on any atom is -0.480 e. The molecule has 1 rings (SSSR count). The molecular formula is C10H21N3O3. The second-order valence-corrected chi connectivity index (χ2v) is 3.66. The lowest BCUT2D eigenvalue weighted by atomic mass is 10.4. The number of rotatable bonds is 2. The monoisotopic (exact) mass is 231 g/mol. The standard InChI is InChI=1S/C7H14N2O.C3H7NO2/c1-2-8-7(10)9-5-3-4-6-9;1-2(4)3(5)6/h2-6H2,1H3,(H,8,10);2H,4H2,1H3,(H,5,6)/t;2-/m.0/s1. The molecule has 0 spiro atoms. The molecular weight excluding hydrogens is 210 g/mol. The average Bonchev–Trinajstić information content (AvgIpc) is 2.71. The van der Waals surface area contributed by atoms with E-state index in [0.29, 0.717) is 0 Å². The quantitative estimate of drug-likeness (QED) is 0.634. The van der Waals surface area contributed by atoms with Gasteiger partial charge in [0.1, 0.15) is 6.04 Å². The number of amides is 2. The molecule has 1 heterocycles. The van der Waals surface area contributed by atoms with Crippen LogP contribution in [0.25, 0.3) is 0 Å². The van der Waals surface area contributed by atoms with E-state index in [-0.39, 0.29) is 6.03 Å². The van der Waals surface area contributed by atoms with Gasteiger partial charge in [-0.1, -0.05) is 0 Å². The first-order valence-corrected chi connectivity index (χ1v) is 5.50. The largest absolute Gasteiger partial charge is 0.480 e. The van der Waals surface area contributed by atoms with Crippen molar-refractivity contribution < 1.29 is 14.7 Å². The van der Waals surface area contributed by atoms with Gasteiger partial charge in [0.15, 0.2) is 0 Å². The lowest BCUT2D eigenvalue weighted by molar-refractivity contribution is -0.138. The number of nitrogens with two attached hydrogens (primary N) is 1. The molecule has 1 fully saturated rings. The van der Waals surface area contributed by atoms with Gasteiger partial charge in [-0.25, -0.2) is 4.79 Å². The first-order valence-electron chi connectivity index (χ1n) is 5.50. The lowest BCUT2D eigenvalue weighted by Crippen LogP contribution is -2.37. The Morgan fingerprint density at radius 2 is 1.88 bits per heavy atom. The van der Waals surface area contributed by atoms with Crippen molar-refractivity contribution in [1.29, 1.82) is 0 Å². The van der Waals surface area contributed by atoms with Gasteiger partial charge in [-0.05, 0) is 26.7 Å². The van der Waals surface area contributed by atoms with Crippen LogP contribution in [0.15, 0.2) is 0 Å². The van der Waals surface area contributed by atoms with Crippen LogP contribution in [0.3, 0.4) is 0 Å². The third-order valence-corrected chi connectivity index (χ3v) is 2.11. The Kier molecular flexibility index (Phi) is 7.28. The van der Waals surface area contributed by atoms with Crippen LogP contribution in [0.5, 0.6) is 0 Å². The molecule has 16 heavy (non-hydrogen) atoms. The highest BCUT2D eigenvalue weighted by molar-refractivity contribution is 5.74. The SMILES string of the molecule is CCNC(=O)N1CCCC1.C[C@H](N)C(=O)O. The lowest BCUT2D eigenvalue weighted by Gasteiger charge is -2.14. The molecule has 1 atom stereocenters. The van der Waals surface area contributed by atoms with E-state index in [2.05, 4.69) is 5.32 Å². The normalized spacial score (nSPS) is 16.1. The topological polar surface area (TPSA) is 95.7 Å². The van der Waals surface area contributed by atoms with E-state index in [1.807, 2.05) is 11.8 Å². The molecule has 1 aliphatic rings. The maximum absolute atomic E-state index is 11.1. The van der Waals surface area contributed by atoms with Crippen LogP contribution >= 0.6 is 0 Å². The summed E-state index contributed by atoms with van der Waals surface area (Å²) >= 11 is 0. The van der Waals surface area contributed by atoms with E-state index in [1.54, 1.807) is 0 Å². The van der Waals surface area contributed by atoms with E-state index in [1.165, 1.54) is 6.92 Å². The first-order chi connectivity index (χ1) is 7.49. The number of carboxylic acids is 1. The third-order valence-electron chi connectivity index (χ3n) is 2.11. The number of carbonyl (C=O) groups excluding carboxylic acids is 1. The maximum atomic E-state index is 11.1. The number of hydrogen-bond acceptors (Lipinski definition) is 3. The predicted molar refractivity (Wildman–Crippen MR) is 61.2 cm³/mol. The van der Waals surface area contributed by atoms with Gasteiger partial charge in [0.2, 0.25) is 0 Å². The molecule has 4 N–H and O–H groups in total. The minimum absolute atomic E-state index is 0.0972. The predicted octanol–water partition coefficient (Wildman–Crippen LogP) is 0.230. The third kappa shape index (κ3) is 6.23. The fourth-order valence-corrected chi connectivity index (χ4v) is 1.18. The van der Waals surface area contributed by atoms with Crippen LogP contribution in [-0.4, -0.2) is 47.7 Å². The molecule has 0 bridgehead atoms. The molecule has 6 heteroatoms. The zero-order valence-electron chi connectivity index (χ0n) is 9.90. The zero-order chi connectivity index (χ0) is 12.6. The fraction of sp³-hybridized carbons (Fsp3) is 0.800.